The highest BCUT2D eigenvalue weighted by Crippen LogP contribution is 2.09. The standard InChI is InChI=1S/C11H18N2O/c1-14-9-8-13-11-4-2-10(3-5-11)6-7-12/h2-5,13H,6-9,12H2,1H3. The first kappa shape index (κ1) is 11.0. The monoisotopic (exact) mass is 194 g/mol. The van der Waals surface area contributed by atoms with Gasteiger partial charge in [-0.15, -0.1) is 0 Å². The number of rotatable bonds is 6. The molecule has 0 heterocycles. The number of anilines is 1. The van der Waals surface area contributed by atoms with Crippen molar-refractivity contribution in [2.45, 2.75) is 6.42 Å². The summed E-state index contributed by atoms with van der Waals surface area (Å²) in [7, 11) is 1.70. The first-order valence-corrected chi connectivity index (χ1v) is 4.88. The summed E-state index contributed by atoms with van der Waals surface area (Å²) in [5, 5.41) is 3.26. The Labute approximate surface area is 85.3 Å². The Kier molecular flexibility index (Phi) is 5.04. The van der Waals surface area contributed by atoms with E-state index in [1.165, 1.54) is 5.56 Å². The summed E-state index contributed by atoms with van der Waals surface area (Å²) in [5.41, 5.74) is 7.87. The number of ether oxygens (including phenoxy) is 1. The van der Waals surface area contributed by atoms with E-state index in [9.17, 15) is 0 Å². The van der Waals surface area contributed by atoms with E-state index in [0.717, 1.165) is 25.3 Å². The maximum atomic E-state index is 5.46. The minimum Gasteiger partial charge on any atom is -0.383 e. The van der Waals surface area contributed by atoms with E-state index in [0.29, 0.717) is 6.54 Å². The number of methoxy groups -OCH3 is 1. The number of hydrogen-bond acceptors (Lipinski definition) is 3. The molecule has 1 aromatic carbocycles. The highest BCUT2D eigenvalue weighted by Gasteiger charge is 1.92. The van der Waals surface area contributed by atoms with E-state index in [2.05, 4.69) is 29.6 Å². The summed E-state index contributed by atoms with van der Waals surface area (Å²) < 4.78 is 4.95. The Morgan fingerprint density at radius 2 is 2.00 bits per heavy atom. The molecule has 3 heteroatoms. The van der Waals surface area contributed by atoms with Gasteiger partial charge in [-0.05, 0) is 30.7 Å². The van der Waals surface area contributed by atoms with Gasteiger partial charge in [-0.2, -0.15) is 0 Å². The molecule has 3 N–H and O–H groups in total. The van der Waals surface area contributed by atoms with Crippen molar-refractivity contribution in [3.05, 3.63) is 29.8 Å². The van der Waals surface area contributed by atoms with Gasteiger partial charge in [-0.25, -0.2) is 0 Å². The molecule has 1 rings (SSSR count). The Hall–Kier alpha value is -1.06. The van der Waals surface area contributed by atoms with Crippen LogP contribution in [0.15, 0.2) is 24.3 Å². The van der Waals surface area contributed by atoms with Crippen molar-refractivity contribution in [3.63, 3.8) is 0 Å². The van der Waals surface area contributed by atoms with Crippen LogP contribution in [0.3, 0.4) is 0 Å². The molecule has 1 aromatic rings. The van der Waals surface area contributed by atoms with Gasteiger partial charge < -0.3 is 15.8 Å². The lowest BCUT2D eigenvalue weighted by Crippen LogP contribution is -2.07. The van der Waals surface area contributed by atoms with E-state index in [4.69, 9.17) is 10.5 Å². The molecule has 0 aliphatic carbocycles. The summed E-state index contributed by atoms with van der Waals surface area (Å²) in [5.74, 6) is 0. The smallest absolute Gasteiger partial charge is 0.0635 e. The minimum absolute atomic E-state index is 0.705. The number of hydrogen-bond donors (Lipinski definition) is 2. The fourth-order valence-corrected chi connectivity index (χ4v) is 1.25. The third kappa shape index (κ3) is 3.77. The van der Waals surface area contributed by atoms with Crippen molar-refractivity contribution in [2.24, 2.45) is 5.73 Å². The molecule has 0 aliphatic heterocycles. The van der Waals surface area contributed by atoms with Gasteiger partial charge in [0.15, 0.2) is 0 Å². The van der Waals surface area contributed by atoms with Gasteiger partial charge in [0.2, 0.25) is 0 Å². The molecule has 0 fully saturated rings. The number of benzene rings is 1. The quantitative estimate of drug-likeness (QED) is 0.670. The van der Waals surface area contributed by atoms with Crippen molar-refractivity contribution in [1.82, 2.24) is 0 Å². The molecular weight excluding hydrogens is 176 g/mol. The molecule has 78 valence electrons. The predicted molar refractivity (Wildman–Crippen MR) is 59.6 cm³/mol. The first-order valence-electron chi connectivity index (χ1n) is 4.88. The fraction of sp³-hybridized carbons (Fsp3) is 0.455. The first-order chi connectivity index (χ1) is 6.86. The van der Waals surface area contributed by atoms with Gasteiger partial charge in [0, 0.05) is 19.3 Å². The molecule has 0 amide bonds. The highest BCUT2D eigenvalue weighted by molar-refractivity contribution is 5.44. The SMILES string of the molecule is COCCNc1ccc(CCN)cc1. The topological polar surface area (TPSA) is 47.3 Å². The van der Waals surface area contributed by atoms with Gasteiger partial charge in [-0.1, -0.05) is 12.1 Å². The summed E-state index contributed by atoms with van der Waals surface area (Å²) >= 11 is 0. The van der Waals surface area contributed by atoms with Crippen LogP contribution in [0.2, 0.25) is 0 Å². The molecule has 0 spiro atoms. The van der Waals surface area contributed by atoms with Gasteiger partial charge in [0.25, 0.3) is 0 Å². The second-order valence-electron chi connectivity index (χ2n) is 3.16. The van der Waals surface area contributed by atoms with Crippen molar-refractivity contribution < 1.29 is 4.74 Å². The van der Waals surface area contributed by atoms with Gasteiger partial charge in [-0.3, -0.25) is 0 Å². The Morgan fingerprint density at radius 1 is 1.29 bits per heavy atom. The second kappa shape index (κ2) is 6.40. The largest absolute Gasteiger partial charge is 0.383 e. The normalized spacial score (nSPS) is 10.1. The predicted octanol–water partition coefficient (Wildman–Crippen LogP) is 1.25. The molecule has 0 saturated heterocycles. The van der Waals surface area contributed by atoms with Crippen LogP contribution in [-0.2, 0) is 11.2 Å². The summed E-state index contributed by atoms with van der Waals surface area (Å²) in [6.07, 6.45) is 0.943. The minimum atomic E-state index is 0.705. The van der Waals surface area contributed by atoms with Crippen LogP contribution in [0.25, 0.3) is 0 Å². The fourth-order valence-electron chi connectivity index (χ4n) is 1.25. The van der Waals surface area contributed by atoms with E-state index < -0.39 is 0 Å². The molecule has 0 saturated carbocycles. The Morgan fingerprint density at radius 3 is 2.57 bits per heavy atom. The third-order valence-corrected chi connectivity index (χ3v) is 2.02. The lowest BCUT2D eigenvalue weighted by molar-refractivity contribution is 0.211. The molecule has 14 heavy (non-hydrogen) atoms. The zero-order valence-electron chi connectivity index (χ0n) is 8.62. The van der Waals surface area contributed by atoms with Gasteiger partial charge >= 0.3 is 0 Å². The van der Waals surface area contributed by atoms with Crippen molar-refractivity contribution in [1.29, 1.82) is 0 Å². The molecule has 0 radical (unpaired) electrons. The number of nitrogens with one attached hydrogen (secondary N) is 1. The summed E-state index contributed by atoms with van der Waals surface area (Å²) in [6, 6.07) is 8.34. The summed E-state index contributed by atoms with van der Waals surface area (Å²) in [4.78, 5) is 0. The summed E-state index contributed by atoms with van der Waals surface area (Å²) in [6.45, 7) is 2.27. The van der Waals surface area contributed by atoms with E-state index >= 15 is 0 Å². The van der Waals surface area contributed by atoms with Crippen LogP contribution in [0.1, 0.15) is 5.56 Å². The highest BCUT2D eigenvalue weighted by atomic mass is 16.5. The zero-order chi connectivity index (χ0) is 10.2. The lowest BCUT2D eigenvalue weighted by Gasteiger charge is -2.06. The maximum Gasteiger partial charge on any atom is 0.0635 e. The maximum absolute atomic E-state index is 5.46. The Balaban J connectivity index is 2.38. The van der Waals surface area contributed by atoms with Crippen LogP contribution < -0.4 is 11.1 Å². The third-order valence-electron chi connectivity index (χ3n) is 2.02. The van der Waals surface area contributed by atoms with Crippen molar-refractivity contribution in [2.75, 3.05) is 32.1 Å². The molecule has 0 unspecified atom stereocenters. The Bertz CT molecular complexity index is 246. The van der Waals surface area contributed by atoms with Crippen molar-refractivity contribution in [3.8, 4) is 0 Å². The molecule has 3 nitrogen and oxygen atoms in total. The molecule has 0 aliphatic rings. The number of nitrogens with two attached hydrogens (primary N) is 1. The van der Waals surface area contributed by atoms with Crippen LogP contribution >= 0.6 is 0 Å². The van der Waals surface area contributed by atoms with Gasteiger partial charge in [0.1, 0.15) is 0 Å². The second-order valence-corrected chi connectivity index (χ2v) is 3.16. The van der Waals surface area contributed by atoms with Gasteiger partial charge in [0.05, 0.1) is 6.61 Å². The van der Waals surface area contributed by atoms with Crippen LogP contribution in [0, 0.1) is 0 Å². The van der Waals surface area contributed by atoms with Crippen LogP contribution in [0.4, 0.5) is 5.69 Å². The average Bonchev–Trinajstić information content (AvgIpc) is 2.21. The molecule has 0 atom stereocenters. The lowest BCUT2D eigenvalue weighted by atomic mass is 10.1. The van der Waals surface area contributed by atoms with Crippen molar-refractivity contribution >= 4 is 5.69 Å². The molecule has 0 bridgehead atoms. The van der Waals surface area contributed by atoms with E-state index in [1.807, 2.05) is 0 Å². The van der Waals surface area contributed by atoms with E-state index in [-0.39, 0.29) is 0 Å². The zero-order valence-corrected chi connectivity index (χ0v) is 8.62. The van der Waals surface area contributed by atoms with Crippen LogP contribution in [-0.4, -0.2) is 26.8 Å². The molecular formula is C11H18N2O. The average molecular weight is 194 g/mol. The molecule has 0 aromatic heterocycles. The van der Waals surface area contributed by atoms with E-state index in [1.54, 1.807) is 7.11 Å². The van der Waals surface area contributed by atoms with Crippen LogP contribution in [0.5, 0.6) is 0 Å².